The third-order valence-corrected chi connectivity index (χ3v) is 7.18. The van der Waals surface area contributed by atoms with Crippen LogP contribution in [0, 0.1) is 0 Å². The number of thiazole rings is 1. The summed E-state index contributed by atoms with van der Waals surface area (Å²) >= 11 is 13.0. The van der Waals surface area contributed by atoms with Crippen molar-refractivity contribution in [3.8, 4) is 0 Å². The number of hydrogen-bond donors (Lipinski definition) is 1. The van der Waals surface area contributed by atoms with Crippen LogP contribution in [0.3, 0.4) is 0 Å². The van der Waals surface area contributed by atoms with Crippen LogP contribution < -0.4 is 9.60 Å². The van der Waals surface area contributed by atoms with Gasteiger partial charge in [0.15, 0.2) is 0 Å². The van der Waals surface area contributed by atoms with E-state index in [2.05, 4.69) is 4.72 Å². The molecule has 29 heavy (non-hydrogen) atoms. The number of nitrogens with zero attached hydrogens (tertiary/aromatic N) is 1. The Bertz CT molecular complexity index is 1360. The van der Waals surface area contributed by atoms with Gasteiger partial charge in [-0.2, -0.15) is 0 Å². The summed E-state index contributed by atoms with van der Waals surface area (Å²) in [5.74, 6) is 0. The maximum atomic E-state index is 12.8. The van der Waals surface area contributed by atoms with Gasteiger partial charge in [0.05, 0.1) is 32.4 Å². The molecule has 0 aliphatic heterocycles. The first-order valence-electron chi connectivity index (χ1n) is 8.49. The molecule has 4 aromatic rings. The molecule has 4 rings (SSSR count). The Kier molecular flexibility index (Phi) is 5.40. The predicted molar refractivity (Wildman–Crippen MR) is 119 cm³/mol. The van der Waals surface area contributed by atoms with Gasteiger partial charge in [0.25, 0.3) is 10.0 Å². The Balaban J connectivity index is 1.70. The molecule has 0 amide bonds. The average Bonchev–Trinajstić information content (AvgIpc) is 3.00. The summed E-state index contributed by atoms with van der Waals surface area (Å²) in [6, 6.07) is 18.7. The molecular formula is C20H14Cl2N2O3S2. The quantitative estimate of drug-likeness (QED) is 0.440. The van der Waals surface area contributed by atoms with Crippen molar-refractivity contribution >= 4 is 60.5 Å². The monoisotopic (exact) mass is 464 g/mol. The molecule has 0 aliphatic carbocycles. The lowest BCUT2D eigenvalue weighted by Crippen LogP contribution is -2.14. The van der Waals surface area contributed by atoms with Crippen LogP contribution in [0.4, 0.5) is 5.69 Å². The Morgan fingerprint density at radius 1 is 0.966 bits per heavy atom. The minimum Gasteiger partial charge on any atom is -0.294 e. The van der Waals surface area contributed by atoms with Crippen LogP contribution in [0.5, 0.6) is 0 Å². The summed E-state index contributed by atoms with van der Waals surface area (Å²) < 4.78 is 30.3. The van der Waals surface area contributed by atoms with Gasteiger partial charge in [0.2, 0.25) is 0 Å². The topological polar surface area (TPSA) is 68.2 Å². The molecule has 0 radical (unpaired) electrons. The van der Waals surface area contributed by atoms with Gasteiger partial charge in [-0.25, -0.2) is 8.42 Å². The Morgan fingerprint density at radius 3 is 2.48 bits per heavy atom. The van der Waals surface area contributed by atoms with Gasteiger partial charge in [-0.15, -0.1) is 0 Å². The molecule has 5 nitrogen and oxygen atoms in total. The largest absolute Gasteiger partial charge is 0.308 e. The molecule has 148 valence electrons. The van der Waals surface area contributed by atoms with Gasteiger partial charge < -0.3 is 0 Å². The van der Waals surface area contributed by atoms with Crippen LogP contribution >= 0.6 is 34.5 Å². The lowest BCUT2D eigenvalue weighted by molar-refractivity contribution is 0.601. The molecule has 0 unspecified atom stereocenters. The zero-order valence-corrected chi connectivity index (χ0v) is 17.9. The standard InChI is InChI=1S/C20H14Cl2N2O3S2/c21-14-6-8-16(22)17(10-14)23-29(26,27)15-7-9-18-19(11-15)28-20(25)24(18)12-13-4-2-1-3-5-13/h1-11,23H,12H2. The number of sulfonamides is 1. The van der Waals surface area contributed by atoms with E-state index in [1.54, 1.807) is 16.7 Å². The Labute approximate surface area is 181 Å². The van der Waals surface area contributed by atoms with Crippen LogP contribution in [0.25, 0.3) is 10.2 Å². The van der Waals surface area contributed by atoms with Gasteiger partial charge in [-0.1, -0.05) is 64.9 Å². The van der Waals surface area contributed by atoms with Crippen LogP contribution in [-0.4, -0.2) is 13.0 Å². The van der Waals surface area contributed by atoms with Gasteiger partial charge in [0, 0.05) is 5.02 Å². The smallest absolute Gasteiger partial charge is 0.294 e. The number of fused-ring (bicyclic) bond motifs is 1. The summed E-state index contributed by atoms with van der Waals surface area (Å²) in [6.07, 6.45) is 0. The summed E-state index contributed by atoms with van der Waals surface area (Å²) in [5, 5.41) is 0.594. The van der Waals surface area contributed by atoms with Crippen molar-refractivity contribution < 1.29 is 8.42 Å². The highest BCUT2D eigenvalue weighted by molar-refractivity contribution is 7.92. The van der Waals surface area contributed by atoms with Crippen molar-refractivity contribution in [2.45, 2.75) is 11.4 Å². The zero-order valence-electron chi connectivity index (χ0n) is 14.8. The summed E-state index contributed by atoms with van der Waals surface area (Å²) in [5.41, 5.74) is 1.86. The summed E-state index contributed by atoms with van der Waals surface area (Å²) in [4.78, 5) is 12.3. The number of aromatic nitrogens is 1. The second-order valence-electron chi connectivity index (χ2n) is 6.30. The minimum absolute atomic E-state index is 0.0363. The molecule has 0 saturated carbocycles. The predicted octanol–water partition coefficient (Wildman–Crippen LogP) is 5.22. The summed E-state index contributed by atoms with van der Waals surface area (Å²) in [6.45, 7) is 0.419. The molecule has 0 saturated heterocycles. The first-order chi connectivity index (χ1) is 13.8. The highest BCUT2D eigenvalue weighted by atomic mass is 35.5. The number of halogens is 2. The van der Waals surface area contributed by atoms with E-state index in [9.17, 15) is 13.2 Å². The fraction of sp³-hybridized carbons (Fsp3) is 0.0500. The summed E-state index contributed by atoms with van der Waals surface area (Å²) in [7, 11) is -3.90. The molecule has 0 atom stereocenters. The molecule has 1 heterocycles. The van der Waals surface area contributed by atoms with Crippen LogP contribution in [0.1, 0.15) is 5.56 Å². The molecule has 3 aromatic carbocycles. The van der Waals surface area contributed by atoms with E-state index in [0.717, 1.165) is 16.9 Å². The van der Waals surface area contributed by atoms with Gasteiger partial charge in [-0.3, -0.25) is 14.1 Å². The molecule has 9 heteroatoms. The Morgan fingerprint density at radius 2 is 1.72 bits per heavy atom. The maximum absolute atomic E-state index is 12.8. The van der Waals surface area contributed by atoms with E-state index < -0.39 is 10.0 Å². The molecule has 1 aromatic heterocycles. The van der Waals surface area contributed by atoms with Gasteiger partial charge >= 0.3 is 4.87 Å². The second-order valence-corrected chi connectivity index (χ2v) is 9.82. The average molecular weight is 465 g/mol. The third kappa shape index (κ3) is 4.18. The fourth-order valence-electron chi connectivity index (χ4n) is 2.91. The first kappa shape index (κ1) is 20.0. The zero-order chi connectivity index (χ0) is 20.6. The van der Waals surface area contributed by atoms with Crippen molar-refractivity contribution in [3.63, 3.8) is 0 Å². The third-order valence-electron chi connectivity index (χ3n) is 4.31. The highest BCUT2D eigenvalue weighted by Crippen LogP contribution is 2.29. The maximum Gasteiger partial charge on any atom is 0.308 e. The van der Waals surface area contributed by atoms with Crippen molar-refractivity contribution in [2.75, 3.05) is 4.72 Å². The lowest BCUT2D eigenvalue weighted by atomic mass is 10.2. The number of anilines is 1. The lowest BCUT2D eigenvalue weighted by Gasteiger charge is -2.10. The van der Waals surface area contributed by atoms with Crippen LogP contribution in [0.2, 0.25) is 10.0 Å². The first-order valence-corrected chi connectivity index (χ1v) is 11.5. The van der Waals surface area contributed by atoms with E-state index in [1.807, 2.05) is 30.3 Å². The molecule has 0 aliphatic rings. The Hall–Kier alpha value is -2.32. The van der Waals surface area contributed by atoms with Crippen LogP contribution in [0.15, 0.2) is 76.4 Å². The number of nitrogens with one attached hydrogen (secondary N) is 1. The van der Waals surface area contributed by atoms with Gasteiger partial charge in [-0.05, 0) is 42.0 Å². The molecule has 0 spiro atoms. The second kappa shape index (κ2) is 7.84. The van der Waals surface area contributed by atoms with E-state index in [-0.39, 0.29) is 20.5 Å². The van der Waals surface area contributed by atoms with Crippen molar-refractivity contribution in [1.82, 2.24) is 4.57 Å². The number of hydrogen-bond acceptors (Lipinski definition) is 4. The van der Waals surface area contributed by atoms with E-state index in [4.69, 9.17) is 23.2 Å². The minimum atomic E-state index is -3.90. The molecule has 0 fully saturated rings. The highest BCUT2D eigenvalue weighted by Gasteiger charge is 2.18. The number of rotatable bonds is 5. The fourth-order valence-corrected chi connectivity index (χ4v) is 5.40. The van der Waals surface area contributed by atoms with Crippen molar-refractivity contribution in [2.24, 2.45) is 0 Å². The molecule has 0 bridgehead atoms. The van der Waals surface area contributed by atoms with E-state index >= 15 is 0 Å². The van der Waals surface area contributed by atoms with Gasteiger partial charge in [0.1, 0.15) is 0 Å². The van der Waals surface area contributed by atoms with E-state index in [1.165, 1.54) is 24.3 Å². The normalized spacial score (nSPS) is 11.7. The SMILES string of the molecule is O=c1sc2cc(S(=O)(=O)Nc3cc(Cl)ccc3Cl)ccc2n1Cc1ccccc1. The van der Waals surface area contributed by atoms with E-state index in [0.29, 0.717) is 21.8 Å². The van der Waals surface area contributed by atoms with Crippen molar-refractivity contribution in [3.05, 3.63) is 92.0 Å². The van der Waals surface area contributed by atoms with Crippen LogP contribution in [-0.2, 0) is 16.6 Å². The molecule has 1 N–H and O–H groups in total. The molecular weight excluding hydrogens is 451 g/mol. The van der Waals surface area contributed by atoms with Crippen molar-refractivity contribution in [1.29, 1.82) is 0 Å². The number of benzene rings is 3.